The molecule has 1 aliphatic carbocycles. The molecule has 0 fully saturated rings. The number of carbonyl (C=O) groups is 2. The SMILES string of the molecule is Cc1cccc2cc([C@@H](C)CCC(=O)C3=CC(c4ccncc4)=CCC3=O)ccc12. The number of pyridine rings is 1. The van der Waals surface area contributed by atoms with E-state index in [9.17, 15) is 9.59 Å². The average Bonchev–Trinajstić information content (AvgIpc) is 2.78. The molecule has 4 rings (SSSR count). The third-order valence-electron chi connectivity index (χ3n) is 5.92. The lowest BCUT2D eigenvalue weighted by atomic mass is 9.88. The van der Waals surface area contributed by atoms with Gasteiger partial charge in [0.1, 0.15) is 0 Å². The van der Waals surface area contributed by atoms with E-state index in [0.717, 1.165) is 17.6 Å². The largest absolute Gasteiger partial charge is 0.294 e. The van der Waals surface area contributed by atoms with Gasteiger partial charge in [-0.05, 0) is 70.5 Å². The highest BCUT2D eigenvalue weighted by atomic mass is 16.1. The lowest BCUT2D eigenvalue weighted by Gasteiger charge is -2.15. The van der Waals surface area contributed by atoms with E-state index < -0.39 is 0 Å². The monoisotopic (exact) mass is 395 g/mol. The lowest BCUT2D eigenvalue weighted by molar-refractivity contribution is -0.121. The molecule has 3 aromatic rings. The van der Waals surface area contributed by atoms with Crippen LogP contribution < -0.4 is 0 Å². The van der Waals surface area contributed by atoms with E-state index in [1.165, 1.54) is 21.9 Å². The van der Waals surface area contributed by atoms with Gasteiger partial charge in [0.2, 0.25) is 0 Å². The zero-order valence-electron chi connectivity index (χ0n) is 17.4. The number of benzene rings is 2. The van der Waals surface area contributed by atoms with Gasteiger partial charge in [-0.2, -0.15) is 0 Å². The molecule has 0 radical (unpaired) electrons. The fraction of sp³-hybridized carbons (Fsp3) is 0.222. The molecule has 30 heavy (non-hydrogen) atoms. The van der Waals surface area contributed by atoms with Crippen LogP contribution >= 0.6 is 0 Å². The van der Waals surface area contributed by atoms with E-state index in [4.69, 9.17) is 0 Å². The van der Waals surface area contributed by atoms with E-state index in [1.807, 2.05) is 18.2 Å². The normalized spacial score (nSPS) is 14.9. The molecule has 0 saturated carbocycles. The maximum Gasteiger partial charge on any atom is 0.170 e. The van der Waals surface area contributed by atoms with Crippen molar-refractivity contribution in [1.29, 1.82) is 0 Å². The summed E-state index contributed by atoms with van der Waals surface area (Å²) in [5, 5.41) is 2.49. The van der Waals surface area contributed by atoms with Crippen molar-refractivity contribution in [3.63, 3.8) is 0 Å². The van der Waals surface area contributed by atoms with Gasteiger partial charge in [0, 0.05) is 25.2 Å². The van der Waals surface area contributed by atoms with Crippen LogP contribution in [0.5, 0.6) is 0 Å². The summed E-state index contributed by atoms with van der Waals surface area (Å²) in [6, 6.07) is 16.6. The van der Waals surface area contributed by atoms with E-state index in [0.29, 0.717) is 12.0 Å². The molecule has 1 aromatic heterocycles. The second kappa shape index (κ2) is 8.58. The molecule has 0 saturated heterocycles. The third kappa shape index (κ3) is 4.16. The molecule has 2 aromatic carbocycles. The molecule has 150 valence electrons. The van der Waals surface area contributed by atoms with Crippen LogP contribution in [0.25, 0.3) is 16.3 Å². The molecule has 0 spiro atoms. The fourth-order valence-electron chi connectivity index (χ4n) is 4.01. The maximum absolute atomic E-state index is 12.8. The number of nitrogens with zero attached hydrogens (tertiary/aromatic N) is 1. The molecule has 0 amide bonds. The first-order valence-electron chi connectivity index (χ1n) is 10.4. The number of hydrogen-bond acceptors (Lipinski definition) is 3. The Bertz CT molecular complexity index is 1170. The molecular formula is C27H25NO2. The van der Waals surface area contributed by atoms with Gasteiger partial charge >= 0.3 is 0 Å². The number of fused-ring (bicyclic) bond motifs is 1. The van der Waals surface area contributed by atoms with Crippen molar-refractivity contribution in [3.05, 3.63) is 95.3 Å². The molecule has 0 N–H and O–H groups in total. The van der Waals surface area contributed by atoms with Crippen LogP contribution in [0.2, 0.25) is 0 Å². The summed E-state index contributed by atoms with van der Waals surface area (Å²) in [4.78, 5) is 29.2. The van der Waals surface area contributed by atoms with Crippen LogP contribution in [-0.2, 0) is 9.59 Å². The highest BCUT2D eigenvalue weighted by Gasteiger charge is 2.22. The third-order valence-corrected chi connectivity index (χ3v) is 5.92. The Morgan fingerprint density at radius 2 is 1.90 bits per heavy atom. The van der Waals surface area contributed by atoms with Crippen LogP contribution in [0.15, 0.2) is 78.6 Å². The van der Waals surface area contributed by atoms with Crippen LogP contribution in [0.4, 0.5) is 0 Å². The number of Topliss-reactive ketones (excluding diaryl/α,β-unsaturated/α-hetero) is 2. The molecular weight excluding hydrogens is 370 g/mol. The first-order valence-corrected chi connectivity index (χ1v) is 10.4. The Balaban J connectivity index is 1.46. The zero-order valence-corrected chi connectivity index (χ0v) is 17.4. The Hall–Kier alpha value is -3.33. The van der Waals surface area contributed by atoms with Gasteiger partial charge in [0.25, 0.3) is 0 Å². The summed E-state index contributed by atoms with van der Waals surface area (Å²) in [6.45, 7) is 4.26. The molecule has 3 nitrogen and oxygen atoms in total. The summed E-state index contributed by atoms with van der Waals surface area (Å²) >= 11 is 0. The smallest absolute Gasteiger partial charge is 0.170 e. The van der Waals surface area contributed by atoms with Crippen molar-refractivity contribution in [2.24, 2.45) is 0 Å². The number of ketones is 2. The Kier molecular flexibility index (Phi) is 5.71. The average molecular weight is 396 g/mol. The number of allylic oxidation sites excluding steroid dienone is 4. The molecule has 1 aliphatic rings. The number of hydrogen-bond donors (Lipinski definition) is 0. The maximum atomic E-state index is 12.8. The van der Waals surface area contributed by atoms with Crippen molar-refractivity contribution in [2.75, 3.05) is 0 Å². The van der Waals surface area contributed by atoms with Gasteiger partial charge < -0.3 is 0 Å². The van der Waals surface area contributed by atoms with E-state index in [1.54, 1.807) is 18.5 Å². The number of carbonyl (C=O) groups excluding carboxylic acids is 2. The van der Waals surface area contributed by atoms with Gasteiger partial charge in [0.05, 0.1) is 5.57 Å². The van der Waals surface area contributed by atoms with Crippen molar-refractivity contribution in [1.82, 2.24) is 4.98 Å². The highest BCUT2D eigenvalue weighted by molar-refractivity contribution is 6.23. The predicted octanol–water partition coefficient (Wildman–Crippen LogP) is 5.98. The van der Waals surface area contributed by atoms with Crippen molar-refractivity contribution < 1.29 is 9.59 Å². The predicted molar refractivity (Wildman–Crippen MR) is 121 cm³/mol. The van der Waals surface area contributed by atoms with Crippen molar-refractivity contribution >= 4 is 27.9 Å². The van der Waals surface area contributed by atoms with E-state index in [-0.39, 0.29) is 23.9 Å². The van der Waals surface area contributed by atoms with E-state index in [2.05, 4.69) is 55.2 Å². The number of rotatable bonds is 6. The minimum Gasteiger partial charge on any atom is -0.294 e. The topological polar surface area (TPSA) is 47.0 Å². The lowest BCUT2D eigenvalue weighted by Crippen LogP contribution is -2.16. The molecule has 1 heterocycles. The van der Waals surface area contributed by atoms with Gasteiger partial charge in [-0.3, -0.25) is 14.6 Å². The van der Waals surface area contributed by atoms with Crippen molar-refractivity contribution in [3.8, 4) is 0 Å². The Labute approximate surface area is 177 Å². The standard InChI is InChI=1S/C27H25NO2/c1-18(21-7-9-24-19(2)4-3-5-23(24)16-21)6-10-26(29)25-17-22(8-11-27(25)30)20-12-14-28-15-13-20/h3-5,7-9,12-18H,6,10-11H2,1-2H3/t18-/m0/s1. The Morgan fingerprint density at radius 3 is 2.70 bits per heavy atom. The second-order valence-corrected chi connectivity index (χ2v) is 8.00. The number of aromatic nitrogens is 1. The first kappa shape index (κ1) is 20.0. The number of aryl methyl sites for hydroxylation is 1. The first-order chi connectivity index (χ1) is 14.5. The van der Waals surface area contributed by atoms with Crippen LogP contribution in [0, 0.1) is 6.92 Å². The second-order valence-electron chi connectivity index (χ2n) is 8.00. The van der Waals surface area contributed by atoms with Gasteiger partial charge in [-0.1, -0.05) is 49.4 Å². The molecule has 0 unspecified atom stereocenters. The molecule has 0 bridgehead atoms. The minimum absolute atomic E-state index is 0.0665. The quantitative estimate of drug-likeness (QED) is 0.483. The summed E-state index contributed by atoms with van der Waals surface area (Å²) in [5.74, 6) is 0.0862. The van der Waals surface area contributed by atoms with Crippen LogP contribution in [0.1, 0.15) is 48.8 Å². The van der Waals surface area contributed by atoms with Crippen molar-refractivity contribution in [2.45, 2.75) is 39.0 Å². The van der Waals surface area contributed by atoms with Crippen LogP contribution in [0.3, 0.4) is 0 Å². The fourth-order valence-corrected chi connectivity index (χ4v) is 4.01. The molecule has 0 aliphatic heterocycles. The zero-order chi connectivity index (χ0) is 21.1. The summed E-state index contributed by atoms with van der Waals surface area (Å²) in [5.41, 5.74) is 4.71. The summed E-state index contributed by atoms with van der Waals surface area (Å²) < 4.78 is 0. The van der Waals surface area contributed by atoms with Crippen LogP contribution in [-0.4, -0.2) is 16.6 Å². The minimum atomic E-state index is -0.0911. The van der Waals surface area contributed by atoms with Gasteiger partial charge in [-0.25, -0.2) is 0 Å². The van der Waals surface area contributed by atoms with Gasteiger partial charge in [-0.15, -0.1) is 0 Å². The molecule has 1 atom stereocenters. The Morgan fingerprint density at radius 1 is 1.10 bits per heavy atom. The summed E-state index contributed by atoms with van der Waals surface area (Å²) in [6.07, 6.45) is 8.42. The van der Waals surface area contributed by atoms with Gasteiger partial charge in [0.15, 0.2) is 11.6 Å². The summed E-state index contributed by atoms with van der Waals surface area (Å²) in [7, 11) is 0. The van der Waals surface area contributed by atoms with E-state index >= 15 is 0 Å². The molecule has 3 heteroatoms. The highest BCUT2D eigenvalue weighted by Crippen LogP contribution is 2.28.